The molecule has 1 unspecified atom stereocenters. The van der Waals surface area contributed by atoms with E-state index in [2.05, 4.69) is 5.32 Å². The van der Waals surface area contributed by atoms with Gasteiger partial charge in [0.1, 0.15) is 11.5 Å². The maximum absolute atomic E-state index is 13.4. The lowest BCUT2D eigenvalue weighted by atomic mass is 10.1. The molecular weight excluding hydrogens is 392 g/mol. The van der Waals surface area contributed by atoms with E-state index in [0.29, 0.717) is 22.6 Å². The fraction of sp³-hybridized carbons (Fsp3) is 0.200. The number of para-hydroxylation sites is 3. The van der Waals surface area contributed by atoms with Gasteiger partial charge in [0.2, 0.25) is 0 Å². The summed E-state index contributed by atoms with van der Waals surface area (Å²) in [6.45, 7) is 2.14. The van der Waals surface area contributed by atoms with Crippen LogP contribution in [-0.2, 0) is 0 Å². The van der Waals surface area contributed by atoms with Crippen LogP contribution in [0.3, 0.4) is 0 Å². The Hall–Kier alpha value is -3.80. The average Bonchev–Trinajstić information content (AvgIpc) is 2.82. The Morgan fingerprint density at radius 2 is 1.32 bits per heavy atom. The standard InChI is InChI=1S/C25H26N2O4/c1-18(26-24(28)20-13-7-9-15-22(20)30-2)17-27(19-11-5-4-6-12-19)25(29)21-14-8-10-16-23(21)31-3/h4-16,18H,17H2,1-3H3,(H,26,28). The molecule has 0 bridgehead atoms. The first-order chi connectivity index (χ1) is 15.0. The van der Waals surface area contributed by atoms with E-state index < -0.39 is 0 Å². The summed E-state index contributed by atoms with van der Waals surface area (Å²) >= 11 is 0. The number of carbonyl (C=O) groups excluding carboxylic acids is 2. The average molecular weight is 418 g/mol. The van der Waals surface area contributed by atoms with Gasteiger partial charge in [0.05, 0.1) is 25.3 Å². The van der Waals surface area contributed by atoms with Crippen molar-refractivity contribution in [2.75, 3.05) is 25.7 Å². The van der Waals surface area contributed by atoms with Crippen LogP contribution in [0, 0.1) is 0 Å². The molecule has 160 valence electrons. The van der Waals surface area contributed by atoms with Gasteiger partial charge in [0, 0.05) is 18.3 Å². The van der Waals surface area contributed by atoms with Gasteiger partial charge in [0.15, 0.2) is 0 Å². The summed E-state index contributed by atoms with van der Waals surface area (Å²) < 4.78 is 10.7. The van der Waals surface area contributed by atoms with Crippen LogP contribution in [0.2, 0.25) is 0 Å². The van der Waals surface area contributed by atoms with Crippen molar-refractivity contribution in [1.29, 1.82) is 0 Å². The molecule has 0 aliphatic carbocycles. The van der Waals surface area contributed by atoms with Crippen LogP contribution in [0.5, 0.6) is 11.5 Å². The number of rotatable bonds is 8. The third-order valence-corrected chi connectivity index (χ3v) is 4.84. The van der Waals surface area contributed by atoms with Crippen molar-refractivity contribution in [3.63, 3.8) is 0 Å². The van der Waals surface area contributed by atoms with Gasteiger partial charge in [0.25, 0.3) is 11.8 Å². The number of hydrogen-bond donors (Lipinski definition) is 1. The smallest absolute Gasteiger partial charge is 0.262 e. The first-order valence-electron chi connectivity index (χ1n) is 9.99. The summed E-state index contributed by atoms with van der Waals surface area (Å²) in [4.78, 5) is 27.9. The molecule has 0 fully saturated rings. The fourth-order valence-electron chi connectivity index (χ4n) is 3.33. The zero-order valence-electron chi connectivity index (χ0n) is 17.9. The van der Waals surface area contributed by atoms with E-state index >= 15 is 0 Å². The first kappa shape index (κ1) is 21.9. The highest BCUT2D eigenvalue weighted by Crippen LogP contribution is 2.24. The Morgan fingerprint density at radius 1 is 0.806 bits per heavy atom. The summed E-state index contributed by atoms with van der Waals surface area (Å²) in [6.07, 6.45) is 0. The molecule has 0 heterocycles. The van der Waals surface area contributed by atoms with E-state index in [9.17, 15) is 9.59 Å². The van der Waals surface area contributed by atoms with Crippen LogP contribution in [0.1, 0.15) is 27.6 Å². The van der Waals surface area contributed by atoms with Gasteiger partial charge in [-0.2, -0.15) is 0 Å². The Morgan fingerprint density at radius 3 is 1.94 bits per heavy atom. The van der Waals surface area contributed by atoms with Crippen molar-refractivity contribution in [3.8, 4) is 11.5 Å². The molecule has 0 saturated carbocycles. The van der Waals surface area contributed by atoms with Crippen LogP contribution >= 0.6 is 0 Å². The molecule has 3 aromatic rings. The second kappa shape index (κ2) is 10.3. The van der Waals surface area contributed by atoms with Crippen molar-refractivity contribution in [1.82, 2.24) is 5.32 Å². The van der Waals surface area contributed by atoms with Crippen LogP contribution in [-0.4, -0.2) is 38.6 Å². The lowest BCUT2D eigenvalue weighted by Gasteiger charge is -2.27. The van der Waals surface area contributed by atoms with Gasteiger partial charge < -0.3 is 19.7 Å². The maximum atomic E-state index is 13.4. The van der Waals surface area contributed by atoms with Gasteiger partial charge in [-0.1, -0.05) is 42.5 Å². The molecule has 3 aromatic carbocycles. The summed E-state index contributed by atoms with van der Waals surface area (Å²) in [5.41, 5.74) is 1.63. The van der Waals surface area contributed by atoms with Crippen LogP contribution in [0.4, 0.5) is 5.69 Å². The molecule has 0 aliphatic heterocycles. The molecule has 6 nitrogen and oxygen atoms in total. The molecule has 0 saturated heterocycles. The number of hydrogen-bond acceptors (Lipinski definition) is 4. The zero-order valence-corrected chi connectivity index (χ0v) is 17.9. The van der Waals surface area contributed by atoms with Crippen LogP contribution in [0.25, 0.3) is 0 Å². The van der Waals surface area contributed by atoms with E-state index in [1.54, 1.807) is 41.3 Å². The number of carbonyl (C=O) groups is 2. The molecule has 1 N–H and O–H groups in total. The minimum Gasteiger partial charge on any atom is -0.496 e. The molecule has 0 aromatic heterocycles. The number of methoxy groups -OCH3 is 2. The highest BCUT2D eigenvalue weighted by molar-refractivity contribution is 6.08. The Kier molecular flexibility index (Phi) is 7.27. The third kappa shape index (κ3) is 5.22. The lowest BCUT2D eigenvalue weighted by molar-refractivity contribution is 0.0924. The minimum atomic E-state index is -0.323. The highest BCUT2D eigenvalue weighted by Gasteiger charge is 2.24. The van der Waals surface area contributed by atoms with Gasteiger partial charge in [-0.15, -0.1) is 0 Å². The highest BCUT2D eigenvalue weighted by atomic mass is 16.5. The van der Waals surface area contributed by atoms with Crippen molar-refractivity contribution >= 4 is 17.5 Å². The van der Waals surface area contributed by atoms with Gasteiger partial charge in [-0.25, -0.2) is 0 Å². The Labute approximate surface area is 182 Å². The molecular formula is C25H26N2O4. The van der Waals surface area contributed by atoms with Crippen LogP contribution < -0.4 is 19.7 Å². The topological polar surface area (TPSA) is 67.9 Å². The van der Waals surface area contributed by atoms with Crippen molar-refractivity contribution < 1.29 is 19.1 Å². The van der Waals surface area contributed by atoms with Crippen molar-refractivity contribution in [3.05, 3.63) is 90.0 Å². The summed E-state index contributed by atoms with van der Waals surface area (Å²) in [5, 5.41) is 2.96. The normalized spacial score (nSPS) is 11.3. The molecule has 6 heteroatoms. The Bertz CT molecular complexity index is 1040. The molecule has 31 heavy (non-hydrogen) atoms. The number of nitrogens with one attached hydrogen (secondary N) is 1. The quantitative estimate of drug-likeness (QED) is 0.596. The SMILES string of the molecule is COc1ccccc1C(=O)NC(C)CN(C(=O)c1ccccc1OC)c1ccccc1. The number of benzene rings is 3. The second-order valence-corrected chi connectivity index (χ2v) is 7.03. The van der Waals surface area contributed by atoms with Crippen molar-refractivity contribution in [2.24, 2.45) is 0 Å². The molecule has 1 atom stereocenters. The molecule has 0 aliphatic rings. The van der Waals surface area contributed by atoms with E-state index in [-0.39, 0.29) is 24.4 Å². The summed E-state index contributed by atoms with van der Waals surface area (Å²) in [5.74, 6) is 0.529. The zero-order chi connectivity index (χ0) is 22.2. The van der Waals surface area contributed by atoms with Gasteiger partial charge in [-0.3, -0.25) is 9.59 Å². The number of anilines is 1. The predicted octanol–water partition coefficient (Wildman–Crippen LogP) is 4.17. The maximum Gasteiger partial charge on any atom is 0.262 e. The first-order valence-corrected chi connectivity index (χ1v) is 9.99. The molecule has 0 radical (unpaired) electrons. The fourth-order valence-corrected chi connectivity index (χ4v) is 3.33. The van der Waals surface area contributed by atoms with E-state index in [1.807, 2.05) is 49.4 Å². The molecule has 2 amide bonds. The summed E-state index contributed by atoms with van der Waals surface area (Å²) in [7, 11) is 3.06. The summed E-state index contributed by atoms with van der Waals surface area (Å²) in [6, 6.07) is 23.2. The third-order valence-electron chi connectivity index (χ3n) is 4.84. The number of amides is 2. The van der Waals surface area contributed by atoms with Gasteiger partial charge >= 0.3 is 0 Å². The predicted molar refractivity (Wildman–Crippen MR) is 121 cm³/mol. The van der Waals surface area contributed by atoms with Crippen molar-refractivity contribution in [2.45, 2.75) is 13.0 Å². The number of nitrogens with zero attached hydrogens (tertiary/aromatic N) is 1. The van der Waals surface area contributed by atoms with Crippen LogP contribution in [0.15, 0.2) is 78.9 Å². The van der Waals surface area contributed by atoms with E-state index in [1.165, 1.54) is 14.2 Å². The largest absolute Gasteiger partial charge is 0.496 e. The second-order valence-electron chi connectivity index (χ2n) is 7.03. The lowest BCUT2D eigenvalue weighted by Crippen LogP contribution is -2.44. The monoisotopic (exact) mass is 418 g/mol. The van der Waals surface area contributed by atoms with Gasteiger partial charge in [-0.05, 0) is 43.3 Å². The number of ether oxygens (including phenoxy) is 2. The molecule has 3 rings (SSSR count). The minimum absolute atomic E-state index is 0.206. The molecule has 0 spiro atoms. The Balaban J connectivity index is 1.84. The van der Waals surface area contributed by atoms with E-state index in [4.69, 9.17) is 9.47 Å². The van der Waals surface area contributed by atoms with E-state index in [0.717, 1.165) is 5.69 Å².